The van der Waals surface area contributed by atoms with Crippen molar-refractivity contribution in [1.29, 1.82) is 0 Å². The molecule has 2 aromatic rings. The standard InChI is InChI=1S/C14H12FNO2S/c15-12-8-6-11(7-9-12)14-10-16(14)19(17,18)13-4-2-1-3-5-13/h1-9,14H,10H2. The van der Waals surface area contributed by atoms with Crippen LogP contribution in [0.4, 0.5) is 4.39 Å². The van der Waals surface area contributed by atoms with Gasteiger partial charge in [0.15, 0.2) is 0 Å². The van der Waals surface area contributed by atoms with Crippen molar-refractivity contribution in [3.63, 3.8) is 0 Å². The molecule has 1 heterocycles. The number of hydrogen-bond acceptors (Lipinski definition) is 2. The highest BCUT2D eigenvalue weighted by molar-refractivity contribution is 7.89. The minimum absolute atomic E-state index is 0.175. The predicted molar refractivity (Wildman–Crippen MR) is 69.5 cm³/mol. The van der Waals surface area contributed by atoms with Crippen molar-refractivity contribution in [3.8, 4) is 0 Å². The minimum atomic E-state index is -3.43. The van der Waals surface area contributed by atoms with Crippen LogP contribution in [0.5, 0.6) is 0 Å². The SMILES string of the molecule is O=S(=O)(c1ccccc1)N1CC1c1ccc(F)cc1. The normalized spacial score (nSPS) is 22.2. The third-order valence-electron chi connectivity index (χ3n) is 3.17. The fourth-order valence-corrected chi connectivity index (χ4v) is 3.64. The van der Waals surface area contributed by atoms with Crippen molar-refractivity contribution < 1.29 is 12.8 Å². The molecule has 1 aliphatic heterocycles. The van der Waals surface area contributed by atoms with Crippen LogP contribution in [0.2, 0.25) is 0 Å². The van der Waals surface area contributed by atoms with Gasteiger partial charge in [0.25, 0.3) is 0 Å². The van der Waals surface area contributed by atoms with E-state index in [4.69, 9.17) is 0 Å². The van der Waals surface area contributed by atoms with E-state index in [2.05, 4.69) is 0 Å². The van der Waals surface area contributed by atoms with Crippen molar-refractivity contribution in [3.05, 3.63) is 66.0 Å². The van der Waals surface area contributed by atoms with Crippen LogP contribution in [0.25, 0.3) is 0 Å². The van der Waals surface area contributed by atoms with Crippen LogP contribution < -0.4 is 0 Å². The number of sulfonamides is 1. The Morgan fingerprint density at radius 1 is 1.00 bits per heavy atom. The summed E-state index contributed by atoms with van der Waals surface area (Å²) in [7, 11) is -3.43. The van der Waals surface area contributed by atoms with Gasteiger partial charge < -0.3 is 0 Å². The fourth-order valence-electron chi connectivity index (χ4n) is 2.07. The zero-order valence-electron chi connectivity index (χ0n) is 10.0. The first-order chi connectivity index (χ1) is 9.09. The molecule has 19 heavy (non-hydrogen) atoms. The molecule has 0 radical (unpaired) electrons. The molecule has 0 amide bonds. The first kappa shape index (κ1) is 12.3. The van der Waals surface area contributed by atoms with E-state index in [-0.39, 0.29) is 11.9 Å². The Labute approximate surface area is 111 Å². The summed E-state index contributed by atoms with van der Waals surface area (Å²) in [6.07, 6.45) is 0. The van der Waals surface area contributed by atoms with Crippen LogP contribution in [0, 0.1) is 5.82 Å². The first-order valence-corrected chi connectivity index (χ1v) is 7.35. The monoisotopic (exact) mass is 277 g/mol. The quantitative estimate of drug-likeness (QED) is 0.809. The van der Waals surface area contributed by atoms with E-state index in [0.717, 1.165) is 5.56 Å². The molecular weight excluding hydrogens is 265 g/mol. The van der Waals surface area contributed by atoms with E-state index in [0.29, 0.717) is 11.4 Å². The number of nitrogens with zero attached hydrogens (tertiary/aromatic N) is 1. The van der Waals surface area contributed by atoms with Gasteiger partial charge in [-0.05, 0) is 29.8 Å². The van der Waals surface area contributed by atoms with Crippen molar-refractivity contribution in [1.82, 2.24) is 4.31 Å². The van der Waals surface area contributed by atoms with E-state index < -0.39 is 10.0 Å². The van der Waals surface area contributed by atoms with Crippen LogP contribution in [-0.2, 0) is 10.0 Å². The second-order valence-electron chi connectivity index (χ2n) is 4.46. The molecule has 1 fully saturated rings. The average Bonchev–Trinajstić information content (AvgIpc) is 3.22. The molecular formula is C14H12FNO2S. The fraction of sp³-hybridized carbons (Fsp3) is 0.143. The second-order valence-corrected chi connectivity index (χ2v) is 6.35. The van der Waals surface area contributed by atoms with Gasteiger partial charge >= 0.3 is 0 Å². The highest BCUT2D eigenvalue weighted by Gasteiger charge is 2.45. The average molecular weight is 277 g/mol. The van der Waals surface area contributed by atoms with Crippen LogP contribution in [0.3, 0.4) is 0 Å². The van der Waals surface area contributed by atoms with Crippen molar-refractivity contribution in [2.45, 2.75) is 10.9 Å². The van der Waals surface area contributed by atoms with Gasteiger partial charge in [0.1, 0.15) is 5.82 Å². The van der Waals surface area contributed by atoms with Gasteiger partial charge in [-0.2, -0.15) is 4.31 Å². The van der Waals surface area contributed by atoms with Crippen molar-refractivity contribution in [2.75, 3.05) is 6.54 Å². The van der Waals surface area contributed by atoms with Gasteiger partial charge in [0, 0.05) is 6.54 Å². The third-order valence-corrected chi connectivity index (χ3v) is 5.06. The zero-order chi connectivity index (χ0) is 13.5. The van der Waals surface area contributed by atoms with E-state index in [1.807, 2.05) is 0 Å². The smallest absolute Gasteiger partial charge is 0.207 e. The summed E-state index contributed by atoms with van der Waals surface area (Å²) in [5.74, 6) is -0.318. The van der Waals surface area contributed by atoms with E-state index in [1.54, 1.807) is 42.5 Å². The molecule has 1 saturated heterocycles. The van der Waals surface area contributed by atoms with Crippen LogP contribution in [0.1, 0.15) is 11.6 Å². The maximum Gasteiger partial charge on any atom is 0.243 e. The van der Waals surface area contributed by atoms with Crippen LogP contribution >= 0.6 is 0 Å². The largest absolute Gasteiger partial charge is 0.243 e. The molecule has 2 unspecified atom stereocenters. The lowest BCUT2D eigenvalue weighted by Gasteiger charge is -2.06. The van der Waals surface area contributed by atoms with Crippen molar-refractivity contribution >= 4 is 10.0 Å². The zero-order valence-corrected chi connectivity index (χ0v) is 10.8. The highest BCUT2D eigenvalue weighted by atomic mass is 32.2. The Hall–Kier alpha value is -1.72. The molecule has 1 aliphatic rings. The lowest BCUT2D eigenvalue weighted by Crippen LogP contribution is -2.12. The van der Waals surface area contributed by atoms with Gasteiger partial charge in [-0.15, -0.1) is 0 Å². The number of rotatable bonds is 3. The third kappa shape index (κ3) is 2.27. The molecule has 0 aromatic heterocycles. The number of benzene rings is 2. The molecule has 2 atom stereocenters. The Morgan fingerprint density at radius 2 is 1.63 bits per heavy atom. The summed E-state index contributed by atoms with van der Waals surface area (Å²) >= 11 is 0. The lowest BCUT2D eigenvalue weighted by atomic mass is 10.2. The number of hydrogen-bond donors (Lipinski definition) is 0. The summed E-state index contributed by atoms with van der Waals surface area (Å²) < 4.78 is 38.8. The Kier molecular flexibility index (Phi) is 2.88. The van der Waals surface area contributed by atoms with Gasteiger partial charge in [-0.1, -0.05) is 30.3 Å². The first-order valence-electron chi connectivity index (χ1n) is 5.91. The Balaban J connectivity index is 1.85. The number of halogens is 1. The second kappa shape index (κ2) is 4.43. The minimum Gasteiger partial charge on any atom is -0.207 e. The molecule has 0 aliphatic carbocycles. The molecule has 0 saturated carbocycles. The molecule has 3 rings (SSSR count). The predicted octanol–water partition coefficient (Wildman–Crippen LogP) is 2.57. The molecule has 2 aromatic carbocycles. The summed E-state index contributed by atoms with van der Waals surface area (Å²) in [6, 6.07) is 14.1. The van der Waals surface area contributed by atoms with Crippen LogP contribution in [0.15, 0.2) is 59.5 Å². The molecule has 0 spiro atoms. The van der Waals surface area contributed by atoms with Gasteiger partial charge in [0.05, 0.1) is 10.9 Å². The summed E-state index contributed by atoms with van der Waals surface area (Å²) in [4.78, 5) is 0.291. The lowest BCUT2D eigenvalue weighted by molar-refractivity contribution is 0.554. The molecule has 3 nitrogen and oxygen atoms in total. The summed E-state index contributed by atoms with van der Waals surface area (Å²) in [5, 5.41) is 0. The maximum absolute atomic E-state index is 12.8. The van der Waals surface area contributed by atoms with E-state index >= 15 is 0 Å². The Bertz CT molecular complexity index is 683. The Morgan fingerprint density at radius 3 is 2.26 bits per heavy atom. The van der Waals surface area contributed by atoms with Gasteiger partial charge in [0.2, 0.25) is 10.0 Å². The highest BCUT2D eigenvalue weighted by Crippen LogP contribution is 2.40. The van der Waals surface area contributed by atoms with Crippen LogP contribution in [-0.4, -0.2) is 19.3 Å². The van der Waals surface area contributed by atoms with E-state index in [1.165, 1.54) is 16.4 Å². The topological polar surface area (TPSA) is 37.1 Å². The molecule has 0 bridgehead atoms. The molecule has 0 N–H and O–H groups in total. The van der Waals surface area contributed by atoms with E-state index in [9.17, 15) is 12.8 Å². The molecule has 5 heteroatoms. The summed E-state index contributed by atoms with van der Waals surface area (Å²) in [5.41, 5.74) is 0.820. The maximum atomic E-state index is 12.8. The molecule has 98 valence electrons. The van der Waals surface area contributed by atoms with Gasteiger partial charge in [-0.25, -0.2) is 12.8 Å². The summed E-state index contributed by atoms with van der Waals surface area (Å²) in [6.45, 7) is 0.447. The van der Waals surface area contributed by atoms with Crippen molar-refractivity contribution in [2.24, 2.45) is 0 Å². The van der Waals surface area contributed by atoms with Gasteiger partial charge in [-0.3, -0.25) is 0 Å².